The number of rotatable bonds is 4. The number of ether oxygens (including phenoxy) is 1. The van der Waals surface area contributed by atoms with E-state index in [-0.39, 0.29) is 12.1 Å². The standard InChI is InChI=1S/C12H13FN2O2/c1-3-15(8-12(16)17-2)11-5-9(7-14)4-10(13)6-11/h4-6H,3,8H2,1-2H3. The van der Waals surface area contributed by atoms with E-state index in [1.165, 1.54) is 19.2 Å². The van der Waals surface area contributed by atoms with E-state index in [1.807, 2.05) is 13.0 Å². The van der Waals surface area contributed by atoms with Gasteiger partial charge >= 0.3 is 5.97 Å². The van der Waals surface area contributed by atoms with Gasteiger partial charge < -0.3 is 9.64 Å². The molecule has 0 heterocycles. The number of nitrogens with zero attached hydrogens (tertiary/aromatic N) is 2. The second kappa shape index (κ2) is 5.85. The van der Waals surface area contributed by atoms with Gasteiger partial charge in [0.25, 0.3) is 0 Å². The number of anilines is 1. The molecule has 0 amide bonds. The van der Waals surface area contributed by atoms with Gasteiger partial charge in [0.2, 0.25) is 0 Å². The fourth-order valence-electron chi connectivity index (χ4n) is 1.43. The summed E-state index contributed by atoms with van der Waals surface area (Å²) in [6.45, 7) is 2.38. The average molecular weight is 236 g/mol. The highest BCUT2D eigenvalue weighted by Gasteiger charge is 2.11. The molecule has 0 bridgehead atoms. The van der Waals surface area contributed by atoms with Crippen LogP contribution in [0.15, 0.2) is 18.2 Å². The van der Waals surface area contributed by atoms with Gasteiger partial charge in [-0.2, -0.15) is 5.26 Å². The molecule has 0 atom stereocenters. The lowest BCUT2D eigenvalue weighted by Crippen LogP contribution is -2.30. The van der Waals surface area contributed by atoms with E-state index < -0.39 is 11.8 Å². The summed E-state index contributed by atoms with van der Waals surface area (Å²) in [6, 6.07) is 5.84. The van der Waals surface area contributed by atoms with E-state index in [1.54, 1.807) is 4.90 Å². The van der Waals surface area contributed by atoms with Crippen LogP contribution in [0.3, 0.4) is 0 Å². The number of carbonyl (C=O) groups is 1. The number of benzene rings is 1. The van der Waals surface area contributed by atoms with E-state index in [2.05, 4.69) is 4.74 Å². The average Bonchev–Trinajstić information content (AvgIpc) is 2.34. The smallest absolute Gasteiger partial charge is 0.325 e. The highest BCUT2D eigenvalue weighted by Crippen LogP contribution is 2.18. The van der Waals surface area contributed by atoms with Crippen LogP contribution < -0.4 is 4.90 Å². The molecule has 0 saturated heterocycles. The highest BCUT2D eigenvalue weighted by molar-refractivity contribution is 5.75. The predicted molar refractivity (Wildman–Crippen MR) is 61.0 cm³/mol. The third-order valence-corrected chi connectivity index (χ3v) is 2.31. The number of esters is 1. The van der Waals surface area contributed by atoms with Crippen molar-refractivity contribution in [2.75, 3.05) is 25.1 Å². The zero-order chi connectivity index (χ0) is 12.8. The first kappa shape index (κ1) is 13.0. The van der Waals surface area contributed by atoms with Crippen LogP contribution in [0.1, 0.15) is 12.5 Å². The Morgan fingerprint density at radius 1 is 1.53 bits per heavy atom. The normalized spacial score (nSPS) is 9.53. The first-order valence-corrected chi connectivity index (χ1v) is 5.13. The molecule has 90 valence electrons. The second-order valence-corrected chi connectivity index (χ2v) is 3.40. The number of carbonyl (C=O) groups excluding carboxylic acids is 1. The summed E-state index contributed by atoms with van der Waals surface area (Å²) in [4.78, 5) is 12.8. The molecule has 0 fully saturated rings. The SMILES string of the molecule is CCN(CC(=O)OC)c1cc(F)cc(C#N)c1. The van der Waals surface area contributed by atoms with Gasteiger partial charge in [-0.15, -0.1) is 0 Å². The maximum absolute atomic E-state index is 13.2. The summed E-state index contributed by atoms with van der Waals surface area (Å²) >= 11 is 0. The first-order chi connectivity index (χ1) is 8.10. The van der Waals surface area contributed by atoms with Crippen molar-refractivity contribution in [1.29, 1.82) is 5.26 Å². The number of likely N-dealkylation sites (N-methyl/N-ethyl adjacent to an activating group) is 1. The topological polar surface area (TPSA) is 53.3 Å². The lowest BCUT2D eigenvalue weighted by Gasteiger charge is -2.21. The third-order valence-electron chi connectivity index (χ3n) is 2.31. The molecule has 4 nitrogen and oxygen atoms in total. The van der Waals surface area contributed by atoms with Crippen LogP contribution >= 0.6 is 0 Å². The van der Waals surface area contributed by atoms with Gasteiger partial charge in [0.1, 0.15) is 12.4 Å². The monoisotopic (exact) mass is 236 g/mol. The zero-order valence-electron chi connectivity index (χ0n) is 9.74. The van der Waals surface area contributed by atoms with E-state index in [0.717, 1.165) is 6.07 Å². The molecule has 5 heteroatoms. The van der Waals surface area contributed by atoms with Crippen LogP contribution in [-0.4, -0.2) is 26.2 Å². The number of nitriles is 1. The number of hydrogen-bond acceptors (Lipinski definition) is 4. The molecule has 0 aromatic heterocycles. The molecule has 0 radical (unpaired) electrons. The quantitative estimate of drug-likeness (QED) is 0.746. The van der Waals surface area contributed by atoms with Crippen LogP contribution in [0.5, 0.6) is 0 Å². The van der Waals surface area contributed by atoms with Crippen molar-refractivity contribution in [1.82, 2.24) is 0 Å². The van der Waals surface area contributed by atoms with Crippen LogP contribution in [0.4, 0.5) is 10.1 Å². The molecular formula is C12H13FN2O2. The molecule has 1 aromatic rings. The van der Waals surface area contributed by atoms with Crippen molar-refractivity contribution < 1.29 is 13.9 Å². The molecule has 0 aliphatic carbocycles. The van der Waals surface area contributed by atoms with Crippen molar-refractivity contribution >= 4 is 11.7 Å². The predicted octanol–water partition coefficient (Wildman–Crippen LogP) is 1.70. The van der Waals surface area contributed by atoms with E-state index >= 15 is 0 Å². The summed E-state index contributed by atoms with van der Waals surface area (Å²) in [5, 5.41) is 8.74. The van der Waals surface area contributed by atoms with Gasteiger partial charge in [-0.3, -0.25) is 4.79 Å². The first-order valence-electron chi connectivity index (χ1n) is 5.13. The molecule has 17 heavy (non-hydrogen) atoms. The lowest BCUT2D eigenvalue weighted by atomic mass is 10.2. The zero-order valence-corrected chi connectivity index (χ0v) is 9.74. The van der Waals surface area contributed by atoms with Crippen molar-refractivity contribution in [3.8, 4) is 6.07 Å². The number of hydrogen-bond donors (Lipinski definition) is 0. The summed E-state index contributed by atoms with van der Waals surface area (Å²) < 4.78 is 17.8. The fraction of sp³-hybridized carbons (Fsp3) is 0.333. The fourth-order valence-corrected chi connectivity index (χ4v) is 1.43. The summed E-state index contributed by atoms with van der Waals surface area (Å²) in [5.41, 5.74) is 0.720. The van der Waals surface area contributed by atoms with Gasteiger partial charge in [0, 0.05) is 12.2 Å². The van der Waals surface area contributed by atoms with E-state index in [9.17, 15) is 9.18 Å². The molecule has 1 aromatic carbocycles. The molecule has 0 spiro atoms. The molecule has 1 rings (SSSR count). The Hall–Kier alpha value is -2.09. The van der Waals surface area contributed by atoms with Crippen molar-refractivity contribution in [3.05, 3.63) is 29.6 Å². The maximum atomic E-state index is 13.2. The van der Waals surface area contributed by atoms with Crippen molar-refractivity contribution in [2.45, 2.75) is 6.92 Å². The number of methoxy groups -OCH3 is 1. The van der Waals surface area contributed by atoms with Gasteiger partial charge in [-0.1, -0.05) is 0 Å². The Morgan fingerprint density at radius 2 is 2.24 bits per heavy atom. The minimum Gasteiger partial charge on any atom is -0.468 e. The molecule has 0 N–H and O–H groups in total. The molecule has 0 aliphatic heterocycles. The summed E-state index contributed by atoms with van der Waals surface area (Å²) in [7, 11) is 1.29. The van der Waals surface area contributed by atoms with Gasteiger partial charge in [0.15, 0.2) is 0 Å². The largest absolute Gasteiger partial charge is 0.468 e. The molecule has 0 saturated carbocycles. The van der Waals surface area contributed by atoms with Gasteiger partial charge in [-0.25, -0.2) is 4.39 Å². The summed E-state index contributed by atoms with van der Waals surface area (Å²) in [6.07, 6.45) is 0. The highest BCUT2D eigenvalue weighted by atomic mass is 19.1. The minimum absolute atomic E-state index is 0.0291. The van der Waals surface area contributed by atoms with Crippen LogP contribution in [-0.2, 0) is 9.53 Å². The second-order valence-electron chi connectivity index (χ2n) is 3.40. The van der Waals surface area contributed by atoms with Gasteiger partial charge in [0.05, 0.1) is 18.7 Å². The lowest BCUT2D eigenvalue weighted by molar-refractivity contribution is -0.138. The third kappa shape index (κ3) is 3.45. The number of halogens is 1. The molecule has 0 unspecified atom stereocenters. The Balaban J connectivity index is 2.99. The van der Waals surface area contributed by atoms with Crippen LogP contribution in [0.25, 0.3) is 0 Å². The Bertz CT molecular complexity index is 454. The van der Waals surface area contributed by atoms with Crippen LogP contribution in [0, 0.1) is 17.1 Å². The maximum Gasteiger partial charge on any atom is 0.325 e. The summed E-state index contributed by atoms with van der Waals surface area (Å²) in [5.74, 6) is -0.906. The van der Waals surface area contributed by atoms with E-state index in [4.69, 9.17) is 5.26 Å². The Morgan fingerprint density at radius 3 is 2.76 bits per heavy atom. The van der Waals surface area contributed by atoms with Crippen molar-refractivity contribution in [3.63, 3.8) is 0 Å². The Kier molecular flexibility index (Phi) is 4.46. The van der Waals surface area contributed by atoms with Gasteiger partial charge in [-0.05, 0) is 25.1 Å². The van der Waals surface area contributed by atoms with Crippen molar-refractivity contribution in [2.24, 2.45) is 0 Å². The molecular weight excluding hydrogens is 223 g/mol. The molecule has 0 aliphatic rings. The Labute approximate surface area is 99.2 Å². The van der Waals surface area contributed by atoms with Crippen LogP contribution in [0.2, 0.25) is 0 Å². The van der Waals surface area contributed by atoms with E-state index in [0.29, 0.717) is 12.2 Å². The minimum atomic E-state index is -0.498.